The lowest BCUT2D eigenvalue weighted by molar-refractivity contribution is -0.143. The fourth-order valence-electron chi connectivity index (χ4n) is 4.87. The quantitative estimate of drug-likeness (QED) is 0.637. The van der Waals surface area contributed by atoms with Gasteiger partial charge in [0, 0.05) is 5.56 Å². The van der Waals surface area contributed by atoms with Gasteiger partial charge in [0.1, 0.15) is 0 Å². The van der Waals surface area contributed by atoms with Crippen LogP contribution in [0.2, 0.25) is 10.0 Å². The van der Waals surface area contributed by atoms with Gasteiger partial charge in [0.2, 0.25) is 0 Å². The second kappa shape index (κ2) is 5.08. The van der Waals surface area contributed by atoms with Crippen molar-refractivity contribution in [2.45, 2.75) is 6.42 Å². The summed E-state index contributed by atoms with van der Waals surface area (Å²) < 4.78 is 0. The van der Waals surface area contributed by atoms with Crippen molar-refractivity contribution in [1.82, 2.24) is 10.4 Å². The molecule has 1 heterocycles. The smallest absolute Gasteiger partial charge is 0.270 e. The fourth-order valence-corrected chi connectivity index (χ4v) is 5.17. The highest BCUT2D eigenvalue weighted by Crippen LogP contribution is 2.65. The fraction of sp³-hybridized carbons (Fsp3) is 0.389. The number of halogens is 2. The molecule has 2 bridgehead atoms. The van der Waals surface area contributed by atoms with Gasteiger partial charge in [0.25, 0.3) is 17.7 Å². The van der Waals surface area contributed by atoms with Crippen LogP contribution in [-0.4, -0.2) is 22.7 Å². The molecule has 0 aromatic heterocycles. The SMILES string of the molecule is O=C(NN1C(=O)[C@H]2[C@@H]3C=C[C@H]([C@@H]4C[C@H]34)[C@@H]2C1=O)c1ccc(Cl)c(Cl)c1. The van der Waals surface area contributed by atoms with Crippen molar-refractivity contribution in [1.29, 1.82) is 0 Å². The molecule has 7 heteroatoms. The Morgan fingerprint density at radius 3 is 2.16 bits per heavy atom. The van der Waals surface area contributed by atoms with Gasteiger partial charge >= 0.3 is 0 Å². The Bertz CT molecular complexity index is 832. The lowest BCUT2D eigenvalue weighted by Crippen LogP contribution is -2.46. The molecule has 1 aromatic rings. The largest absolute Gasteiger partial charge is 0.272 e. The molecule has 1 N–H and O–H groups in total. The highest BCUT2D eigenvalue weighted by molar-refractivity contribution is 6.42. The van der Waals surface area contributed by atoms with Gasteiger partial charge in [-0.25, -0.2) is 0 Å². The number of hydrogen-bond donors (Lipinski definition) is 1. The molecular weight excluding hydrogens is 363 g/mol. The molecule has 1 aliphatic heterocycles. The monoisotopic (exact) mass is 376 g/mol. The van der Waals surface area contributed by atoms with Crippen LogP contribution in [0.4, 0.5) is 0 Å². The molecule has 0 radical (unpaired) electrons. The van der Waals surface area contributed by atoms with E-state index in [9.17, 15) is 14.4 Å². The van der Waals surface area contributed by atoms with Gasteiger partial charge < -0.3 is 0 Å². The lowest BCUT2D eigenvalue weighted by Gasteiger charge is -2.37. The number of hydrazine groups is 1. The predicted octanol–water partition coefficient (Wildman–Crippen LogP) is 2.69. The third-order valence-electron chi connectivity index (χ3n) is 6.06. The second-order valence-corrected chi connectivity index (χ2v) is 8.05. The number of carbonyl (C=O) groups is 3. The van der Waals surface area contributed by atoms with Crippen molar-refractivity contribution in [3.8, 4) is 0 Å². The van der Waals surface area contributed by atoms with E-state index in [1.807, 2.05) is 0 Å². The minimum Gasteiger partial charge on any atom is -0.272 e. The minimum absolute atomic E-state index is 0.128. The number of carbonyl (C=O) groups excluding carboxylic acids is 3. The number of benzene rings is 1. The maximum absolute atomic E-state index is 12.8. The number of nitrogens with zero attached hydrogens (tertiary/aromatic N) is 1. The van der Waals surface area contributed by atoms with E-state index < -0.39 is 5.91 Å². The maximum atomic E-state index is 12.8. The van der Waals surface area contributed by atoms with Crippen LogP contribution in [0.25, 0.3) is 0 Å². The van der Waals surface area contributed by atoms with Gasteiger partial charge in [-0.15, -0.1) is 0 Å². The van der Waals surface area contributed by atoms with Crippen LogP contribution >= 0.6 is 23.2 Å². The van der Waals surface area contributed by atoms with Crippen LogP contribution < -0.4 is 5.43 Å². The molecule has 0 spiro atoms. The Kier molecular flexibility index (Phi) is 3.13. The molecular formula is C18H14Cl2N2O3. The molecule has 0 unspecified atom stereocenters. The molecule has 2 saturated carbocycles. The Hall–Kier alpha value is -1.85. The molecule has 5 nitrogen and oxygen atoms in total. The first-order chi connectivity index (χ1) is 12.0. The number of rotatable bonds is 2. The molecule has 3 fully saturated rings. The van der Waals surface area contributed by atoms with Gasteiger partial charge in [-0.2, -0.15) is 5.01 Å². The Morgan fingerprint density at radius 1 is 1.00 bits per heavy atom. The highest BCUT2D eigenvalue weighted by atomic mass is 35.5. The topological polar surface area (TPSA) is 66.5 Å². The van der Waals surface area contributed by atoms with Crippen LogP contribution in [0, 0.1) is 35.5 Å². The third kappa shape index (κ3) is 2.06. The number of hydrogen-bond acceptors (Lipinski definition) is 3. The summed E-state index contributed by atoms with van der Waals surface area (Å²) in [5.41, 5.74) is 2.71. The van der Waals surface area contributed by atoms with Crippen LogP contribution in [-0.2, 0) is 9.59 Å². The van der Waals surface area contributed by atoms with E-state index in [0.717, 1.165) is 11.4 Å². The normalized spacial score (nSPS) is 37.1. The van der Waals surface area contributed by atoms with Crippen molar-refractivity contribution >= 4 is 40.9 Å². The first-order valence-electron chi connectivity index (χ1n) is 8.29. The summed E-state index contributed by atoms with van der Waals surface area (Å²) >= 11 is 11.8. The van der Waals surface area contributed by atoms with E-state index in [4.69, 9.17) is 23.2 Å². The van der Waals surface area contributed by atoms with E-state index >= 15 is 0 Å². The van der Waals surface area contributed by atoms with Gasteiger partial charge in [-0.1, -0.05) is 35.4 Å². The van der Waals surface area contributed by atoms with Crippen LogP contribution in [0.1, 0.15) is 16.8 Å². The first-order valence-corrected chi connectivity index (χ1v) is 9.05. The number of imide groups is 1. The molecule has 128 valence electrons. The van der Waals surface area contributed by atoms with Crippen molar-refractivity contribution < 1.29 is 14.4 Å². The van der Waals surface area contributed by atoms with Crippen LogP contribution in [0.5, 0.6) is 0 Å². The first kappa shape index (κ1) is 15.4. The summed E-state index contributed by atoms with van der Waals surface area (Å²) in [5, 5.41) is 1.49. The Morgan fingerprint density at radius 2 is 1.60 bits per heavy atom. The van der Waals surface area contributed by atoms with Crippen molar-refractivity contribution in [3.63, 3.8) is 0 Å². The second-order valence-electron chi connectivity index (χ2n) is 7.24. The summed E-state index contributed by atoms with van der Waals surface area (Å²) in [4.78, 5) is 38.0. The molecule has 6 atom stereocenters. The standard InChI is InChI=1S/C18H14Cl2N2O3/c19-12-4-1-7(5-13(12)20)16(23)21-22-17(24)14-8-2-3-9(11-6-10(8)11)15(14)18(22)25/h1-5,8-11,14-15H,6H2,(H,21,23)/t8-,9-,10-,11+,14+,15+/m1/s1. The Labute approximate surface area is 153 Å². The summed E-state index contributed by atoms with van der Waals surface area (Å²) in [6, 6.07) is 4.42. The minimum atomic E-state index is -0.552. The van der Waals surface area contributed by atoms with Gasteiger partial charge in [0.05, 0.1) is 21.9 Å². The van der Waals surface area contributed by atoms with Crippen molar-refractivity contribution in [2.24, 2.45) is 35.5 Å². The molecule has 5 aliphatic rings. The number of allylic oxidation sites excluding steroid dienone is 2. The lowest BCUT2D eigenvalue weighted by atomic mass is 9.63. The van der Waals surface area contributed by atoms with Gasteiger partial charge in [-0.05, 0) is 48.3 Å². The van der Waals surface area contributed by atoms with Gasteiger partial charge in [0.15, 0.2) is 0 Å². The molecule has 1 saturated heterocycles. The molecule has 25 heavy (non-hydrogen) atoms. The van der Waals surface area contributed by atoms with Crippen molar-refractivity contribution in [3.05, 3.63) is 46.0 Å². The number of nitrogens with one attached hydrogen (secondary N) is 1. The average Bonchev–Trinajstić information content (AvgIpc) is 3.38. The average molecular weight is 377 g/mol. The maximum Gasteiger partial charge on any atom is 0.270 e. The summed E-state index contributed by atoms with van der Waals surface area (Å²) in [6.45, 7) is 0. The molecule has 4 aliphatic carbocycles. The molecule has 6 rings (SSSR count). The Balaban J connectivity index is 1.40. The summed E-state index contributed by atoms with van der Waals surface area (Å²) in [7, 11) is 0. The van der Waals surface area contributed by atoms with Crippen LogP contribution in [0.15, 0.2) is 30.4 Å². The highest BCUT2D eigenvalue weighted by Gasteiger charge is 2.67. The third-order valence-corrected chi connectivity index (χ3v) is 6.80. The van der Waals surface area contributed by atoms with E-state index in [2.05, 4.69) is 17.6 Å². The van der Waals surface area contributed by atoms with Crippen molar-refractivity contribution in [2.75, 3.05) is 0 Å². The summed E-state index contributed by atoms with van der Waals surface area (Å²) in [6.07, 6.45) is 5.29. The van der Waals surface area contributed by atoms with E-state index in [1.54, 1.807) is 0 Å². The zero-order valence-electron chi connectivity index (χ0n) is 13.0. The van der Waals surface area contributed by atoms with E-state index in [1.165, 1.54) is 18.2 Å². The van der Waals surface area contributed by atoms with E-state index in [-0.39, 0.29) is 46.1 Å². The van der Waals surface area contributed by atoms with Crippen LogP contribution in [0.3, 0.4) is 0 Å². The molecule has 1 aromatic carbocycles. The van der Waals surface area contributed by atoms with E-state index in [0.29, 0.717) is 16.9 Å². The number of amides is 3. The molecule has 3 amide bonds. The summed E-state index contributed by atoms with van der Waals surface area (Å²) in [5.74, 6) is -0.504. The predicted molar refractivity (Wildman–Crippen MR) is 90.5 cm³/mol. The zero-order valence-corrected chi connectivity index (χ0v) is 14.5. The van der Waals surface area contributed by atoms with Gasteiger partial charge in [-0.3, -0.25) is 19.8 Å². The zero-order chi connectivity index (χ0) is 17.5.